The smallest absolute Gasteiger partial charge is 0.180 e. The van der Waals surface area contributed by atoms with Crippen molar-refractivity contribution in [3.05, 3.63) is 66.6 Å². The number of rotatable bonds is 4. The highest BCUT2D eigenvalue weighted by Crippen LogP contribution is 2.24. The van der Waals surface area contributed by atoms with Crippen LogP contribution in [0.25, 0.3) is 22.4 Å². The first-order valence-corrected chi connectivity index (χ1v) is 7.69. The number of fused-ring (bicyclic) bond motifs is 1. The standard InChI is InChI=1S/C18H16N6/c1-24-12-13(11-21-24)10-20-17-14-6-2-3-7-15(14)22-18(23-17)16-8-4-5-9-19-16/h2-9,11-12H,10H2,1H3,(H,20,22,23). The number of hydrogen-bond acceptors (Lipinski definition) is 5. The lowest BCUT2D eigenvalue weighted by molar-refractivity contribution is 0.767. The van der Waals surface area contributed by atoms with Crippen LogP contribution < -0.4 is 5.32 Å². The van der Waals surface area contributed by atoms with Crippen molar-refractivity contribution in [3.63, 3.8) is 0 Å². The molecule has 0 unspecified atom stereocenters. The highest BCUT2D eigenvalue weighted by atomic mass is 15.2. The predicted octanol–water partition coefficient (Wildman–Crippen LogP) is 3.04. The molecule has 0 saturated heterocycles. The molecular weight excluding hydrogens is 300 g/mol. The van der Waals surface area contributed by atoms with Gasteiger partial charge < -0.3 is 5.32 Å². The van der Waals surface area contributed by atoms with Gasteiger partial charge in [-0.1, -0.05) is 18.2 Å². The minimum Gasteiger partial charge on any atom is -0.365 e. The molecular formula is C18H16N6. The summed E-state index contributed by atoms with van der Waals surface area (Å²) in [4.78, 5) is 13.7. The summed E-state index contributed by atoms with van der Waals surface area (Å²) in [6.45, 7) is 0.649. The molecule has 6 nitrogen and oxygen atoms in total. The SMILES string of the molecule is Cn1cc(CNc2nc(-c3ccccn3)nc3ccccc23)cn1. The lowest BCUT2D eigenvalue weighted by Gasteiger charge is -2.10. The van der Waals surface area contributed by atoms with Gasteiger partial charge in [0.15, 0.2) is 5.82 Å². The Labute approximate surface area is 139 Å². The van der Waals surface area contributed by atoms with E-state index in [4.69, 9.17) is 0 Å². The zero-order chi connectivity index (χ0) is 16.4. The number of benzene rings is 1. The molecule has 3 aromatic heterocycles. The molecule has 0 radical (unpaired) electrons. The van der Waals surface area contributed by atoms with Gasteiger partial charge in [0, 0.05) is 36.9 Å². The summed E-state index contributed by atoms with van der Waals surface area (Å²) in [6, 6.07) is 13.7. The average Bonchev–Trinajstić information content (AvgIpc) is 3.05. The molecule has 0 bridgehead atoms. The number of hydrogen-bond donors (Lipinski definition) is 1. The number of aryl methyl sites for hydroxylation is 1. The van der Waals surface area contributed by atoms with Gasteiger partial charge in [-0.25, -0.2) is 9.97 Å². The Bertz CT molecular complexity index is 977. The lowest BCUT2D eigenvalue weighted by Crippen LogP contribution is -2.04. The van der Waals surface area contributed by atoms with E-state index >= 15 is 0 Å². The van der Waals surface area contributed by atoms with Crippen molar-refractivity contribution in [2.24, 2.45) is 7.05 Å². The summed E-state index contributed by atoms with van der Waals surface area (Å²) in [7, 11) is 1.91. The normalized spacial score (nSPS) is 10.9. The topological polar surface area (TPSA) is 68.5 Å². The second kappa shape index (κ2) is 6.08. The van der Waals surface area contributed by atoms with Crippen molar-refractivity contribution in [2.75, 3.05) is 5.32 Å². The van der Waals surface area contributed by atoms with Crippen LogP contribution in [-0.4, -0.2) is 24.7 Å². The van der Waals surface area contributed by atoms with E-state index in [2.05, 4.69) is 25.4 Å². The molecule has 0 amide bonds. The molecule has 1 N–H and O–H groups in total. The van der Waals surface area contributed by atoms with E-state index in [1.807, 2.05) is 61.9 Å². The maximum Gasteiger partial charge on any atom is 0.180 e. The minimum absolute atomic E-state index is 0.614. The monoisotopic (exact) mass is 316 g/mol. The number of para-hydroxylation sites is 1. The van der Waals surface area contributed by atoms with E-state index < -0.39 is 0 Å². The fraction of sp³-hybridized carbons (Fsp3) is 0.111. The molecule has 24 heavy (non-hydrogen) atoms. The zero-order valence-corrected chi connectivity index (χ0v) is 13.2. The number of pyridine rings is 1. The first-order chi connectivity index (χ1) is 11.8. The highest BCUT2D eigenvalue weighted by molar-refractivity contribution is 5.90. The minimum atomic E-state index is 0.614. The Morgan fingerprint density at radius 1 is 1.04 bits per heavy atom. The van der Waals surface area contributed by atoms with Crippen LogP contribution >= 0.6 is 0 Å². The lowest BCUT2D eigenvalue weighted by atomic mass is 10.2. The maximum atomic E-state index is 4.68. The van der Waals surface area contributed by atoms with Crippen LogP contribution in [0.3, 0.4) is 0 Å². The van der Waals surface area contributed by atoms with Crippen molar-refractivity contribution in [2.45, 2.75) is 6.54 Å². The molecule has 0 fully saturated rings. The summed E-state index contributed by atoms with van der Waals surface area (Å²) >= 11 is 0. The summed E-state index contributed by atoms with van der Waals surface area (Å²) < 4.78 is 1.79. The fourth-order valence-electron chi connectivity index (χ4n) is 2.57. The van der Waals surface area contributed by atoms with E-state index in [9.17, 15) is 0 Å². The van der Waals surface area contributed by atoms with Crippen LogP contribution in [0.4, 0.5) is 5.82 Å². The van der Waals surface area contributed by atoms with Crippen LogP contribution in [0.5, 0.6) is 0 Å². The number of aromatic nitrogens is 5. The van der Waals surface area contributed by atoms with Gasteiger partial charge >= 0.3 is 0 Å². The molecule has 0 saturated carbocycles. The van der Waals surface area contributed by atoms with Crippen molar-refractivity contribution in [1.82, 2.24) is 24.7 Å². The van der Waals surface area contributed by atoms with E-state index in [0.29, 0.717) is 12.4 Å². The van der Waals surface area contributed by atoms with Gasteiger partial charge in [-0.05, 0) is 24.3 Å². The maximum absolute atomic E-state index is 4.68. The number of nitrogens with one attached hydrogen (secondary N) is 1. The predicted molar refractivity (Wildman–Crippen MR) is 93.3 cm³/mol. The Kier molecular flexibility index (Phi) is 3.63. The summed E-state index contributed by atoms with van der Waals surface area (Å²) in [5.74, 6) is 1.41. The van der Waals surface area contributed by atoms with E-state index in [0.717, 1.165) is 28.0 Å². The largest absolute Gasteiger partial charge is 0.365 e. The molecule has 4 aromatic rings. The third-order valence-electron chi connectivity index (χ3n) is 3.72. The number of anilines is 1. The van der Waals surface area contributed by atoms with Crippen LogP contribution in [0.15, 0.2) is 61.1 Å². The van der Waals surface area contributed by atoms with E-state index in [-0.39, 0.29) is 0 Å². The molecule has 0 atom stereocenters. The Morgan fingerprint density at radius 2 is 1.92 bits per heavy atom. The van der Waals surface area contributed by atoms with Gasteiger partial charge in [0.2, 0.25) is 0 Å². The van der Waals surface area contributed by atoms with Crippen LogP contribution in [0, 0.1) is 0 Å². The zero-order valence-electron chi connectivity index (χ0n) is 13.2. The molecule has 0 aliphatic heterocycles. The first kappa shape index (κ1) is 14.3. The Balaban J connectivity index is 1.75. The molecule has 4 rings (SSSR count). The van der Waals surface area contributed by atoms with Gasteiger partial charge in [-0.15, -0.1) is 0 Å². The molecule has 6 heteroatoms. The van der Waals surface area contributed by atoms with Gasteiger partial charge in [0.1, 0.15) is 11.5 Å². The Morgan fingerprint density at radius 3 is 2.71 bits per heavy atom. The van der Waals surface area contributed by atoms with Gasteiger partial charge in [-0.2, -0.15) is 5.10 Å². The second-order valence-corrected chi connectivity index (χ2v) is 5.50. The van der Waals surface area contributed by atoms with Crippen LogP contribution in [0.1, 0.15) is 5.56 Å². The first-order valence-electron chi connectivity index (χ1n) is 7.69. The molecule has 0 spiro atoms. The second-order valence-electron chi connectivity index (χ2n) is 5.50. The quantitative estimate of drug-likeness (QED) is 0.627. The molecule has 0 aliphatic rings. The molecule has 3 heterocycles. The average molecular weight is 316 g/mol. The van der Waals surface area contributed by atoms with Crippen molar-refractivity contribution in [1.29, 1.82) is 0 Å². The molecule has 118 valence electrons. The van der Waals surface area contributed by atoms with Crippen LogP contribution in [0.2, 0.25) is 0 Å². The third-order valence-corrected chi connectivity index (χ3v) is 3.72. The Hall–Kier alpha value is -3.28. The van der Waals surface area contributed by atoms with Crippen molar-refractivity contribution < 1.29 is 0 Å². The molecule has 0 aliphatic carbocycles. The van der Waals surface area contributed by atoms with Crippen molar-refractivity contribution in [3.8, 4) is 11.5 Å². The fourth-order valence-corrected chi connectivity index (χ4v) is 2.57. The summed E-state index contributed by atoms with van der Waals surface area (Å²) in [6.07, 6.45) is 5.57. The van der Waals surface area contributed by atoms with E-state index in [1.54, 1.807) is 10.9 Å². The van der Waals surface area contributed by atoms with Gasteiger partial charge in [-0.3, -0.25) is 9.67 Å². The summed E-state index contributed by atoms with van der Waals surface area (Å²) in [5.41, 5.74) is 2.74. The summed E-state index contributed by atoms with van der Waals surface area (Å²) in [5, 5.41) is 8.57. The van der Waals surface area contributed by atoms with Crippen molar-refractivity contribution >= 4 is 16.7 Å². The van der Waals surface area contributed by atoms with Crippen LogP contribution in [-0.2, 0) is 13.6 Å². The molecule has 1 aromatic carbocycles. The van der Waals surface area contributed by atoms with Gasteiger partial charge in [0.05, 0.1) is 11.7 Å². The van der Waals surface area contributed by atoms with Gasteiger partial charge in [0.25, 0.3) is 0 Å². The van der Waals surface area contributed by atoms with E-state index in [1.165, 1.54) is 0 Å². The number of nitrogens with zero attached hydrogens (tertiary/aromatic N) is 5. The highest BCUT2D eigenvalue weighted by Gasteiger charge is 2.10. The third kappa shape index (κ3) is 2.81.